The van der Waals surface area contributed by atoms with Crippen LogP contribution in [0, 0.1) is 10.5 Å². The van der Waals surface area contributed by atoms with Gasteiger partial charge in [-0.1, -0.05) is 29.3 Å². The third-order valence-electron chi connectivity index (χ3n) is 2.55. The Balaban J connectivity index is 2.25. The molecule has 98 valence electrons. The van der Waals surface area contributed by atoms with Crippen LogP contribution in [0.3, 0.4) is 0 Å². The van der Waals surface area contributed by atoms with E-state index in [0.717, 1.165) is 9.13 Å². The molecule has 2 nitrogen and oxygen atoms in total. The topological polar surface area (TPSA) is 29.1 Å². The summed E-state index contributed by atoms with van der Waals surface area (Å²) in [6, 6.07) is 10.6. The first kappa shape index (κ1) is 14.6. The van der Waals surface area contributed by atoms with Gasteiger partial charge in [0.1, 0.15) is 0 Å². The number of hydrogen-bond acceptors (Lipinski definition) is 1. The minimum Gasteiger partial charge on any atom is -0.321 e. The first-order chi connectivity index (χ1) is 8.97. The number of nitrogens with one attached hydrogen (secondary N) is 1. The number of rotatable bonds is 2. The van der Waals surface area contributed by atoms with Crippen molar-refractivity contribution in [3.8, 4) is 0 Å². The molecule has 5 heteroatoms. The highest BCUT2D eigenvalue weighted by atomic mass is 127. The molecule has 0 saturated carbocycles. The van der Waals surface area contributed by atoms with Gasteiger partial charge < -0.3 is 5.32 Å². The summed E-state index contributed by atoms with van der Waals surface area (Å²) in [6.45, 7) is 1.93. The van der Waals surface area contributed by atoms with E-state index in [0.29, 0.717) is 21.3 Å². The molecule has 0 saturated heterocycles. The molecule has 0 aliphatic rings. The number of benzene rings is 2. The van der Waals surface area contributed by atoms with Crippen molar-refractivity contribution in [1.82, 2.24) is 0 Å². The Bertz CT molecular complexity index is 643. The fraction of sp³-hybridized carbons (Fsp3) is 0.0714. The summed E-state index contributed by atoms with van der Waals surface area (Å²) in [7, 11) is 0. The fourth-order valence-electron chi connectivity index (χ4n) is 1.58. The van der Waals surface area contributed by atoms with Crippen LogP contribution in [0.25, 0.3) is 0 Å². The van der Waals surface area contributed by atoms with Gasteiger partial charge in [-0.05, 0) is 65.4 Å². The standard InChI is InChI=1S/C14H10Cl2INO/c1-8-2-4-10(11(16)6-8)14(19)18-13-5-3-9(15)7-12(13)17/h2-7H,1H3,(H,18,19). The van der Waals surface area contributed by atoms with E-state index in [4.69, 9.17) is 23.2 Å². The van der Waals surface area contributed by atoms with Gasteiger partial charge in [0.15, 0.2) is 0 Å². The second-order valence-corrected chi connectivity index (χ2v) is 6.07. The number of hydrogen-bond donors (Lipinski definition) is 1. The molecule has 0 bridgehead atoms. The third kappa shape index (κ3) is 3.61. The predicted molar refractivity (Wildman–Crippen MR) is 88.3 cm³/mol. The molecule has 0 aliphatic carbocycles. The molecule has 2 rings (SSSR count). The average Bonchev–Trinajstić information content (AvgIpc) is 2.32. The normalized spacial score (nSPS) is 10.3. The van der Waals surface area contributed by atoms with E-state index < -0.39 is 0 Å². The third-order valence-corrected chi connectivity index (χ3v) is 3.99. The van der Waals surface area contributed by atoms with E-state index in [-0.39, 0.29) is 5.91 Å². The van der Waals surface area contributed by atoms with Crippen molar-refractivity contribution in [1.29, 1.82) is 0 Å². The summed E-state index contributed by atoms with van der Waals surface area (Å²) in [5.74, 6) is -0.231. The Morgan fingerprint density at radius 3 is 2.53 bits per heavy atom. The second kappa shape index (κ2) is 6.11. The number of halogens is 3. The number of aryl methyl sites for hydroxylation is 1. The molecule has 0 unspecified atom stereocenters. The van der Waals surface area contributed by atoms with E-state index >= 15 is 0 Å². The van der Waals surface area contributed by atoms with E-state index in [9.17, 15) is 4.79 Å². The van der Waals surface area contributed by atoms with E-state index in [2.05, 4.69) is 27.9 Å². The van der Waals surface area contributed by atoms with Gasteiger partial charge in [0, 0.05) is 8.59 Å². The Hall–Kier alpha value is -0.780. The van der Waals surface area contributed by atoms with Gasteiger partial charge in [0.2, 0.25) is 0 Å². The first-order valence-electron chi connectivity index (χ1n) is 5.50. The summed E-state index contributed by atoms with van der Waals surface area (Å²) in [5.41, 5.74) is 2.19. The van der Waals surface area contributed by atoms with Crippen LogP contribution in [0.1, 0.15) is 15.9 Å². The molecule has 0 atom stereocenters. The van der Waals surface area contributed by atoms with Crippen LogP contribution in [-0.4, -0.2) is 5.91 Å². The fourth-order valence-corrected chi connectivity index (χ4v) is 2.91. The number of carbonyl (C=O) groups excluding carboxylic acids is 1. The molecule has 2 aromatic rings. The van der Waals surface area contributed by atoms with Crippen LogP contribution in [0.15, 0.2) is 36.4 Å². The molecule has 0 radical (unpaired) electrons. The average molecular weight is 406 g/mol. The van der Waals surface area contributed by atoms with Gasteiger partial charge >= 0.3 is 0 Å². The Morgan fingerprint density at radius 1 is 1.16 bits per heavy atom. The molecule has 19 heavy (non-hydrogen) atoms. The molecular weight excluding hydrogens is 396 g/mol. The highest BCUT2D eigenvalue weighted by Gasteiger charge is 2.12. The maximum absolute atomic E-state index is 12.2. The van der Waals surface area contributed by atoms with Crippen LogP contribution >= 0.6 is 45.8 Å². The summed E-state index contributed by atoms with van der Waals surface area (Å²) in [6.07, 6.45) is 0. The van der Waals surface area contributed by atoms with Crippen molar-refractivity contribution in [2.45, 2.75) is 6.92 Å². The van der Waals surface area contributed by atoms with Crippen molar-refractivity contribution < 1.29 is 4.79 Å². The molecule has 1 N–H and O–H groups in total. The van der Waals surface area contributed by atoms with Crippen LogP contribution in [0.5, 0.6) is 0 Å². The van der Waals surface area contributed by atoms with Crippen molar-refractivity contribution in [3.05, 3.63) is 61.1 Å². The maximum atomic E-state index is 12.2. The van der Waals surface area contributed by atoms with Crippen molar-refractivity contribution >= 4 is 57.4 Å². The maximum Gasteiger partial charge on any atom is 0.257 e. The lowest BCUT2D eigenvalue weighted by atomic mass is 10.1. The van der Waals surface area contributed by atoms with E-state index in [1.54, 1.807) is 30.3 Å². The smallest absolute Gasteiger partial charge is 0.257 e. The zero-order valence-corrected chi connectivity index (χ0v) is 13.7. The monoisotopic (exact) mass is 405 g/mol. The number of anilines is 1. The Kier molecular flexibility index (Phi) is 4.71. The molecule has 2 aromatic carbocycles. The largest absolute Gasteiger partial charge is 0.321 e. The highest BCUT2D eigenvalue weighted by molar-refractivity contribution is 14.1. The highest BCUT2D eigenvalue weighted by Crippen LogP contribution is 2.24. The minimum absolute atomic E-state index is 0.231. The van der Waals surface area contributed by atoms with Crippen LogP contribution in [0.4, 0.5) is 5.69 Å². The first-order valence-corrected chi connectivity index (χ1v) is 7.33. The minimum atomic E-state index is -0.231. The molecule has 0 aromatic heterocycles. The molecule has 0 spiro atoms. The zero-order chi connectivity index (χ0) is 14.0. The number of amides is 1. The SMILES string of the molecule is Cc1ccc(C(=O)Nc2ccc(Cl)cc2I)c(Cl)c1. The number of carbonyl (C=O) groups is 1. The zero-order valence-electron chi connectivity index (χ0n) is 10.0. The summed E-state index contributed by atoms with van der Waals surface area (Å²) in [4.78, 5) is 12.2. The summed E-state index contributed by atoms with van der Waals surface area (Å²) < 4.78 is 0.877. The van der Waals surface area contributed by atoms with E-state index in [1.165, 1.54) is 0 Å². The lowest BCUT2D eigenvalue weighted by Gasteiger charge is -2.09. The van der Waals surface area contributed by atoms with Crippen LogP contribution in [-0.2, 0) is 0 Å². The van der Waals surface area contributed by atoms with Crippen molar-refractivity contribution in [3.63, 3.8) is 0 Å². The molecule has 0 fully saturated rings. The van der Waals surface area contributed by atoms with E-state index in [1.807, 2.05) is 13.0 Å². The predicted octanol–water partition coefficient (Wildman–Crippen LogP) is 5.16. The summed E-state index contributed by atoms with van der Waals surface area (Å²) >= 11 is 14.1. The van der Waals surface area contributed by atoms with Gasteiger partial charge in [0.05, 0.1) is 16.3 Å². The Morgan fingerprint density at radius 2 is 1.89 bits per heavy atom. The molecule has 1 amide bonds. The van der Waals surface area contributed by atoms with Crippen molar-refractivity contribution in [2.75, 3.05) is 5.32 Å². The second-order valence-electron chi connectivity index (χ2n) is 4.06. The van der Waals surface area contributed by atoms with Gasteiger partial charge in [-0.15, -0.1) is 0 Å². The molecule has 0 heterocycles. The van der Waals surface area contributed by atoms with Gasteiger partial charge in [-0.25, -0.2) is 0 Å². The van der Waals surface area contributed by atoms with Gasteiger partial charge in [-0.3, -0.25) is 4.79 Å². The van der Waals surface area contributed by atoms with Crippen LogP contribution < -0.4 is 5.32 Å². The quantitative estimate of drug-likeness (QED) is 0.687. The molecular formula is C14H10Cl2INO. The van der Waals surface area contributed by atoms with Gasteiger partial charge in [-0.2, -0.15) is 0 Å². The Labute approximate surface area is 135 Å². The van der Waals surface area contributed by atoms with Gasteiger partial charge in [0.25, 0.3) is 5.91 Å². The lowest BCUT2D eigenvalue weighted by molar-refractivity contribution is 0.102. The summed E-state index contributed by atoms with van der Waals surface area (Å²) in [5, 5.41) is 3.91. The van der Waals surface area contributed by atoms with Crippen LogP contribution in [0.2, 0.25) is 10.0 Å². The lowest BCUT2D eigenvalue weighted by Crippen LogP contribution is -2.13. The molecule has 0 aliphatic heterocycles. The van der Waals surface area contributed by atoms with Crippen molar-refractivity contribution in [2.24, 2.45) is 0 Å².